The van der Waals surface area contributed by atoms with Crippen LogP contribution in [-0.4, -0.2) is 42.1 Å². The molecule has 0 saturated heterocycles. The number of carboxylic acid groups (broad SMARTS) is 1. The van der Waals surface area contributed by atoms with E-state index >= 15 is 0 Å². The first-order valence-corrected chi connectivity index (χ1v) is 15.3. The van der Waals surface area contributed by atoms with Gasteiger partial charge >= 0.3 is 5.97 Å². The molecule has 2 aromatic carbocycles. The van der Waals surface area contributed by atoms with E-state index in [9.17, 15) is 18.3 Å². The van der Waals surface area contributed by atoms with Gasteiger partial charge in [-0.2, -0.15) is 4.98 Å². The molecule has 4 N–H and O–H groups in total. The highest BCUT2D eigenvalue weighted by Gasteiger charge is 2.39. The fourth-order valence-corrected chi connectivity index (χ4v) is 6.88. The molecule has 1 heterocycles. The molecular formula is C30H36N4O5S. The van der Waals surface area contributed by atoms with Crippen molar-refractivity contribution >= 4 is 21.9 Å². The Labute approximate surface area is 235 Å². The van der Waals surface area contributed by atoms with Crippen molar-refractivity contribution in [2.24, 2.45) is 23.5 Å². The molecule has 0 amide bonds. The molecule has 2 aliphatic rings. The molecule has 3 aromatic rings. The summed E-state index contributed by atoms with van der Waals surface area (Å²) in [4.78, 5) is 20.1. The molecule has 1 unspecified atom stereocenters. The van der Waals surface area contributed by atoms with Gasteiger partial charge in [-0.25, -0.2) is 22.9 Å². The van der Waals surface area contributed by atoms with E-state index < -0.39 is 16.0 Å². The van der Waals surface area contributed by atoms with Gasteiger partial charge in [0.1, 0.15) is 6.61 Å². The second-order valence-electron chi connectivity index (χ2n) is 11.1. The zero-order valence-corrected chi connectivity index (χ0v) is 23.7. The minimum Gasteiger partial charge on any atom is -0.478 e. The molecule has 2 fully saturated rings. The van der Waals surface area contributed by atoms with Gasteiger partial charge in [0.2, 0.25) is 11.8 Å². The van der Waals surface area contributed by atoms with Gasteiger partial charge in [-0.15, -0.1) is 0 Å². The van der Waals surface area contributed by atoms with Crippen molar-refractivity contribution < 1.29 is 23.1 Å². The number of hydrogen-bond donors (Lipinski definition) is 3. The molecule has 2 saturated carbocycles. The van der Waals surface area contributed by atoms with Crippen molar-refractivity contribution in [1.82, 2.24) is 9.97 Å². The molecule has 0 radical (unpaired) electrons. The van der Waals surface area contributed by atoms with E-state index in [0.29, 0.717) is 23.4 Å². The molecule has 10 heteroatoms. The number of nitrogens with zero attached hydrogens (tertiary/aromatic N) is 2. The lowest BCUT2D eigenvalue weighted by Gasteiger charge is -2.45. The third-order valence-electron chi connectivity index (χ3n) is 8.36. The number of ether oxygens (including phenoxy) is 1. The Balaban J connectivity index is 1.45. The van der Waals surface area contributed by atoms with Crippen LogP contribution in [0.4, 0.5) is 5.95 Å². The monoisotopic (exact) mass is 564 g/mol. The van der Waals surface area contributed by atoms with Crippen molar-refractivity contribution in [3.63, 3.8) is 0 Å². The number of aryl methyl sites for hydroxylation is 2. The summed E-state index contributed by atoms with van der Waals surface area (Å²) in [6.07, 6.45) is 7.38. The summed E-state index contributed by atoms with van der Waals surface area (Å²) in [5.41, 5.74) is 9.88. The number of carbonyl (C=O) groups is 1. The van der Waals surface area contributed by atoms with Crippen molar-refractivity contribution in [1.29, 1.82) is 0 Å². The lowest BCUT2D eigenvalue weighted by atomic mass is 9.62. The van der Waals surface area contributed by atoms with Crippen molar-refractivity contribution in [2.75, 3.05) is 11.3 Å². The van der Waals surface area contributed by atoms with Gasteiger partial charge in [-0.05, 0) is 60.9 Å². The maximum Gasteiger partial charge on any atom is 0.335 e. The Morgan fingerprint density at radius 1 is 1.02 bits per heavy atom. The van der Waals surface area contributed by atoms with Crippen LogP contribution in [0.15, 0.2) is 53.4 Å². The first-order chi connectivity index (χ1) is 19.1. The van der Waals surface area contributed by atoms with E-state index in [2.05, 4.69) is 14.7 Å². The highest BCUT2D eigenvalue weighted by Crippen LogP contribution is 2.45. The Bertz CT molecular complexity index is 1470. The minimum atomic E-state index is -4.18. The molecule has 1 atom stereocenters. The minimum absolute atomic E-state index is 0.140. The normalized spacial score (nSPS) is 16.7. The van der Waals surface area contributed by atoms with Gasteiger partial charge in [0.15, 0.2) is 0 Å². The first-order valence-electron chi connectivity index (χ1n) is 13.8. The van der Waals surface area contributed by atoms with Crippen LogP contribution in [0.2, 0.25) is 0 Å². The SMILES string of the molecule is Cc1cccc(C)c1-c1cc(OCC(N)C(C2CCC2)C2CCC2)nc(NS(=O)(=O)c2cccc(C(=O)O)c2)n1. The highest BCUT2D eigenvalue weighted by atomic mass is 32.2. The quantitative estimate of drug-likeness (QED) is 0.289. The standard InChI is InChI=1S/C30H36N4O5S/c1-18-7-3-8-19(2)27(18)25-16-26(39-17-24(31)28(20-9-4-10-20)21-11-5-12-21)33-30(32-25)34-40(37,38)23-14-6-13-22(15-23)29(35)36/h3,6-8,13-16,20-21,24,28H,4-5,9-12,17,31H2,1-2H3,(H,35,36)(H,32,33,34). The lowest BCUT2D eigenvalue weighted by molar-refractivity contribution is 0.0552. The fraction of sp³-hybridized carbons (Fsp3) is 0.433. The van der Waals surface area contributed by atoms with E-state index in [1.54, 1.807) is 6.07 Å². The van der Waals surface area contributed by atoms with Crippen molar-refractivity contribution in [3.05, 3.63) is 65.2 Å². The van der Waals surface area contributed by atoms with E-state index in [1.165, 1.54) is 56.7 Å². The van der Waals surface area contributed by atoms with Crippen LogP contribution in [0.3, 0.4) is 0 Å². The van der Waals surface area contributed by atoms with E-state index in [0.717, 1.165) is 22.8 Å². The Morgan fingerprint density at radius 3 is 2.23 bits per heavy atom. The smallest absolute Gasteiger partial charge is 0.335 e. The summed E-state index contributed by atoms with van der Waals surface area (Å²) < 4.78 is 35.0. The number of benzene rings is 2. The van der Waals surface area contributed by atoms with Crippen LogP contribution >= 0.6 is 0 Å². The molecule has 0 aliphatic heterocycles. The number of aromatic carboxylic acids is 1. The number of carboxylic acids is 1. The van der Waals surface area contributed by atoms with Gasteiger partial charge in [-0.3, -0.25) is 0 Å². The van der Waals surface area contributed by atoms with Crippen LogP contribution in [0.1, 0.15) is 60.0 Å². The largest absolute Gasteiger partial charge is 0.478 e. The van der Waals surface area contributed by atoms with Gasteiger partial charge in [0.25, 0.3) is 10.0 Å². The average Bonchev–Trinajstić information content (AvgIpc) is 2.84. The number of sulfonamides is 1. The molecular weight excluding hydrogens is 528 g/mol. The van der Waals surface area contributed by atoms with Crippen LogP contribution in [0.5, 0.6) is 5.88 Å². The van der Waals surface area contributed by atoms with Crippen molar-refractivity contribution in [3.8, 4) is 17.1 Å². The number of hydrogen-bond acceptors (Lipinski definition) is 7. The number of anilines is 1. The number of rotatable bonds is 11. The van der Waals surface area contributed by atoms with E-state index in [1.807, 2.05) is 32.0 Å². The summed E-state index contributed by atoms with van der Waals surface area (Å²) in [7, 11) is -4.18. The zero-order chi connectivity index (χ0) is 28.4. The molecule has 212 valence electrons. The molecule has 40 heavy (non-hydrogen) atoms. The topological polar surface area (TPSA) is 144 Å². The summed E-state index contributed by atoms with van der Waals surface area (Å²) in [5, 5.41) is 9.30. The van der Waals surface area contributed by atoms with Gasteiger partial charge in [-0.1, -0.05) is 62.8 Å². The Morgan fingerprint density at radius 2 is 1.65 bits per heavy atom. The third kappa shape index (κ3) is 5.97. The van der Waals surface area contributed by atoms with Gasteiger partial charge in [0, 0.05) is 17.7 Å². The number of aromatic nitrogens is 2. The first kappa shape index (κ1) is 28.0. The molecule has 9 nitrogen and oxygen atoms in total. The van der Waals surface area contributed by atoms with Crippen molar-refractivity contribution in [2.45, 2.75) is 63.3 Å². The maximum absolute atomic E-state index is 13.2. The summed E-state index contributed by atoms with van der Waals surface area (Å²) in [5.74, 6) is 0.535. The van der Waals surface area contributed by atoms with Crippen LogP contribution in [-0.2, 0) is 10.0 Å². The second-order valence-corrected chi connectivity index (χ2v) is 12.7. The zero-order valence-electron chi connectivity index (χ0n) is 22.8. The highest BCUT2D eigenvalue weighted by molar-refractivity contribution is 7.92. The summed E-state index contributed by atoms with van der Waals surface area (Å²) in [6.45, 7) is 4.20. The second kappa shape index (κ2) is 11.5. The van der Waals surface area contributed by atoms with Crippen LogP contribution < -0.4 is 15.2 Å². The lowest BCUT2D eigenvalue weighted by Crippen LogP contribution is -2.47. The summed E-state index contributed by atoms with van der Waals surface area (Å²) >= 11 is 0. The fourth-order valence-electron chi connectivity index (χ4n) is 5.89. The predicted molar refractivity (Wildman–Crippen MR) is 153 cm³/mol. The summed E-state index contributed by atoms with van der Waals surface area (Å²) in [6, 6.07) is 12.6. The number of nitrogens with one attached hydrogen (secondary N) is 1. The average molecular weight is 565 g/mol. The van der Waals surface area contributed by atoms with Crippen LogP contribution in [0.25, 0.3) is 11.3 Å². The van der Waals surface area contributed by atoms with E-state index in [4.69, 9.17) is 10.5 Å². The van der Waals surface area contributed by atoms with Crippen LogP contribution in [0, 0.1) is 31.6 Å². The maximum atomic E-state index is 13.2. The Hall–Kier alpha value is -3.50. The third-order valence-corrected chi connectivity index (χ3v) is 9.69. The molecule has 5 rings (SSSR count). The predicted octanol–water partition coefficient (Wildman–Crippen LogP) is 5.18. The number of nitrogens with two attached hydrogens (primary N) is 1. The molecule has 1 aromatic heterocycles. The van der Waals surface area contributed by atoms with Gasteiger partial charge < -0.3 is 15.6 Å². The molecule has 2 aliphatic carbocycles. The molecule has 0 bridgehead atoms. The Kier molecular flexibility index (Phi) is 8.09. The van der Waals surface area contributed by atoms with Gasteiger partial charge in [0.05, 0.1) is 16.2 Å². The van der Waals surface area contributed by atoms with E-state index in [-0.39, 0.29) is 34.9 Å². The molecule has 0 spiro atoms.